The lowest BCUT2D eigenvalue weighted by Crippen LogP contribution is -3.20. The van der Waals surface area contributed by atoms with Gasteiger partial charge in [-0.1, -0.05) is 36.4 Å². The molecule has 4 rings (SSSR count). The maximum atomic E-state index is 13.4. The molecular weight excluding hydrogens is 327 g/mol. The second kappa shape index (κ2) is 7.58. The summed E-state index contributed by atoms with van der Waals surface area (Å²) in [5, 5.41) is 3.16. The van der Waals surface area contributed by atoms with Crippen LogP contribution < -0.4 is 10.2 Å². The van der Waals surface area contributed by atoms with Gasteiger partial charge in [-0.3, -0.25) is 4.79 Å². The number of rotatable bonds is 4. The van der Waals surface area contributed by atoms with Crippen LogP contribution in [0.2, 0.25) is 0 Å². The summed E-state index contributed by atoms with van der Waals surface area (Å²) in [6.45, 7) is 1.07. The first-order valence-electron chi connectivity index (χ1n) is 9.65. The highest BCUT2D eigenvalue weighted by Gasteiger charge is 2.42. The van der Waals surface area contributed by atoms with Gasteiger partial charge >= 0.3 is 0 Å². The van der Waals surface area contributed by atoms with Crippen molar-refractivity contribution in [1.82, 2.24) is 5.32 Å². The molecule has 3 nitrogen and oxygen atoms in total. The van der Waals surface area contributed by atoms with E-state index in [2.05, 4.69) is 35.6 Å². The quantitative estimate of drug-likeness (QED) is 0.871. The van der Waals surface area contributed by atoms with Crippen molar-refractivity contribution in [2.75, 3.05) is 0 Å². The van der Waals surface area contributed by atoms with Crippen LogP contribution in [0.4, 0.5) is 4.39 Å². The van der Waals surface area contributed by atoms with E-state index in [1.165, 1.54) is 37.0 Å². The lowest BCUT2D eigenvalue weighted by atomic mass is 9.81. The number of nitrogens with one attached hydrogen (secondary N) is 2. The molecular formula is C22H26FN2O+. The molecule has 2 unspecified atom stereocenters. The maximum absolute atomic E-state index is 13.4. The Morgan fingerprint density at radius 2 is 1.77 bits per heavy atom. The van der Waals surface area contributed by atoms with Crippen molar-refractivity contribution in [2.24, 2.45) is 0 Å². The second-order valence-corrected chi connectivity index (χ2v) is 7.71. The number of fused-ring (bicyclic) bond motifs is 2. The van der Waals surface area contributed by atoms with Crippen LogP contribution in [0.1, 0.15) is 48.0 Å². The van der Waals surface area contributed by atoms with Gasteiger partial charge in [-0.15, -0.1) is 0 Å². The Hall–Kier alpha value is -2.20. The van der Waals surface area contributed by atoms with Gasteiger partial charge in [-0.2, -0.15) is 0 Å². The van der Waals surface area contributed by atoms with Crippen LogP contribution >= 0.6 is 0 Å². The van der Waals surface area contributed by atoms with E-state index in [0.717, 1.165) is 19.4 Å². The van der Waals surface area contributed by atoms with Gasteiger partial charge in [0.1, 0.15) is 12.4 Å². The first-order valence-corrected chi connectivity index (χ1v) is 9.65. The number of benzene rings is 2. The molecule has 1 amide bonds. The average molecular weight is 353 g/mol. The molecule has 2 N–H and O–H groups in total. The minimum atomic E-state index is -0.364. The summed E-state index contributed by atoms with van der Waals surface area (Å²) < 4.78 is 13.4. The van der Waals surface area contributed by atoms with Gasteiger partial charge < -0.3 is 10.2 Å². The van der Waals surface area contributed by atoms with E-state index >= 15 is 0 Å². The molecule has 2 aliphatic rings. The van der Waals surface area contributed by atoms with Crippen LogP contribution in [0.3, 0.4) is 0 Å². The molecule has 2 heterocycles. The molecule has 4 atom stereocenters. The molecule has 4 heteroatoms. The average Bonchev–Trinajstić information content (AvgIpc) is 2.63. The van der Waals surface area contributed by atoms with Crippen molar-refractivity contribution in [3.63, 3.8) is 0 Å². The summed E-state index contributed by atoms with van der Waals surface area (Å²) in [5.74, 6) is -0.518. The lowest BCUT2D eigenvalue weighted by molar-refractivity contribution is -0.973. The van der Waals surface area contributed by atoms with E-state index in [-0.39, 0.29) is 17.8 Å². The third-order valence-electron chi connectivity index (χ3n) is 5.97. The fraction of sp³-hybridized carbons (Fsp3) is 0.409. The lowest BCUT2D eigenvalue weighted by Gasteiger charge is -2.46. The van der Waals surface area contributed by atoms with Crippen molar-refractivity contribution in [3.8, 4) is 0 Å². The van der Waals surface area contributed by atoms with Gasteiger partial charge in [-0.05, 0) is 37.5 Å². The molecule has 136 valence electrons. The number of hydrogen-bond donors (Lipinski definition) is 2. The molecule has 2 aromatic rings. The zero-order valence-electron chi connectivity index (χ0n) is 15.0. The highest BCUT2D eigenvalue weighted by molar-refractivity contribution is 5.94. The first-order chi connectivity index (χ1) is 12.7. The highest BCUT2D eigenvalue weighted by atomic mass is 19.1. The minimum Gasteiger partial charge on any atom is -0.349 e. The van der Waals surface area contributed by atoms with E-state index in [4.69, 9.17) is 0 Å². The van der Waals surface area contributed by atoms with E-state index in [1.54, 1.807) is 17.0 Å². The van der Waals surface area contributed by atoms with Crippen LogP contribution in [-0.2, 0) is 6.54 Å². The van der Waals surface area contributed by atoms with Gasteiger partial charge in [0.05, 0.1) is 12.1 Å². The molecule has 0 aromatic heterocycles. The topological polar surface area (TPSA) is 33.5 Å². The summed E-state index contributed by atoms with van der Waals surface area (Å²) >= 11 is 0. The fourth-order valence-corrected chi connectivity index (χ4v) is 4.77. The minimum absolute atomic E-state index is 0.154. The van der Waals surface area contributed by atoms with Crippen LogP contribution in [-0.4, -0.2) is 24.0 Å². The molecule has 0 radical (unpaired) electrons. The van der Waals surface area contributed by atoms with Crippen LogP contribution in [0.5, 0.6) is 0 Å². The summed E-state index contributed by atoms with van der Waals surface area (Å²) in [7, 11) is 0. The summed E-state index contributed by atoms with van der Waals surface area (Å²) in [4.78, 5) is 14.2. The normalized spacial score (nSPS) is 27.7. The van der Waals surface area contributed by atoms with Crippen LogP contribution in [0.15, 0.2) is 54.6 Å². The van der Waals surface area contributed by atoms with Crippen LogP contribution in [0, 0.1) is 5.82 Å². The predicted molar refractivity (Wildman–Crippen MR) is 99.4 cm³/mol. The predicted octanol–water partition coefficient (Wildman–Crippen LogP) is 2.72. The summed E-state index contributed by atoms with van der Waals surface area (Å²) in [5.41, 5.74) is 1.80. The largest absolute Gasteiger partial charge is 0.349 e. The Labute approximate surface area is 154 Å². The van der Waals surface area contributed by atoms with Crippen molar-refractivity contribution < 1.29 is 14.1 Å². The van der Waals surface area contributed by atoms with Gasteiger partial charge in [0.2, 0.25) is 0 Å². The molecule has 2 bridgehead atoms. The Kier molecular flexibility index (Phi) is 5.02. The molecule has 26 heavy (non-hydrogen) atoms. The highest BCUT2D eigenvalue weighted by Crippen LogP contribution is 2.23. The molecule has 2 saturated heterocycles. The zero-order valence-corrected chi connectivity index (χ0v) is 15.0. The number of carbonyl (C=O) groups excluding carboxylic acids is 1. The number of carbonyl (C=O) groups is 1. The Morgan fingerprint density at radius 1 is 1.04 bits per heavy atom. The van der Waals surface area contributed by atoms with Crippen molar-refractivity contribution >= 4 is 5.91 Å². The van der Waals surface area contributed by atoms with Crippen molar-refractivity contribution in [1.29, 1.82) is 0 Å². The van der Waals surface area contributed by atoms with E-state index in [1.807, 2.05) is 0 Å². The summed E-state index contributed by atoms with van der Waals surface area (Å²) in [6.07, 6.45) is 5.77. The molecule has 2 fully saturated rings. The van der Waals surface area contributed by atoms with E-state index in [9.17, 15) is 9.18 Å². The molecule has 0 aliphatic carbocycles. The number of quaternary nitrogens is 1. The molecule has 0 spiro atoms. The number of halogens is 1. The Bertz CT molecular complexity index is 750. The zero-order chi connectivity index (χ0) is 17.9. The second-order valence-electron chi connectivity index (χ2n) is 7.71. The standard InChI is InChI=1S/C22H25FN2O/c23-18-9-4-8-17(12-18)22(26)24-19-13-20-10-5-11-21(14-19)25(20)15-16-6-2-1-3-7-16/h1-4,6-9,12,19-21H,5,10-11,13-15H2,(H,24,26)/p+1/t19?,20-,21+. The Morgan fingerprint density at radius 3 is 2.46 bits per heavy atom. The number of hydrogen-bond acceptors (Lipinski definition) is 1. The number of amides is 1. The van der Waals surface area contributed by atoms with Crippen molar-refractivity contribution in [3.05, 3.63) is 71.5 Å². The monoisotopic (exact) mass is 353 g/mol. The SMILES string of the molecule is O=C(NC1C[C@H]2CCC[C@@H](C1)[NH+]2Cc1ccccc1)c1cccc(F)c1. The Balaban J connectivity index is 1.42. The van der Waals surface area contributed by atoms with Gasteiger partial charge in [0, 0.05) is 30.0 Å². The van der Waals surface area contributed by atoms with E-state index < -0.39 is 0 Å². The molecule has 0 saturated carbocycles. The third-order valence-corrected chi connectivity index (χ3v) is 5.97. The van der Waals surface area contributed by atoms with Gasteiger partial charge in [0.15, 0.2) is 0 Å². The van der Waals surface area contributed by atoms with Gasteiger partial charge in [0.25, 0.3) is 5.91 Å². The maximum Gasteiger partial charge on any atom is 0.251 e. The van der Waals surface area contributed by atoms with Crippen LogP contribution in [0.25, 0.3) is 0 Å². The number of piperidine rings is 2. The van der Waals surface area contributed by atoms with Crippen molar-refractivity contribution in [2.45, 2.75) is 56.8 Å². The molecule has 2 aliphatic heterocycles. The third kappa shape index (κ3) is 3.80. The fourth-order valence-electron chi connectivity index (χ4n) is 4.77. The summed E-state index contributed by atoms with van der Waals surface area (Å²) in [6, 6.07) is 18.0. The smallest absolute Gasteiger partial charge is 0.251 e. The molecule has 2 aromatic carbocycles. The van der Waals surface area contributed by atoms with E-state index in [0.29, 0.717) is 17.6 Å². The first kappa shape index (κ1) is 17.2. The van der Waals surface area contributed by atoms with Gasteiger partial charge in [-0.25, -0.2) is 4.39 Å².